The quantitative estimate of drug-likeness (QED) is 0.787. The molecule has 114 valence electrons. The summed E-state index contributed by atoms with van der Waals surface area (Å²) in [5, 5.41) is 14.0. The third-order valence-electron chi connectivity index (χ3n) is 2.85. The second-order valence-electron chi connectivity index (χ2n) is 5.39. The Bertz CT molecular complexity index is 556. The number of rotatable bonds is 4. The van der Waals surface area contributed by atoms with Crippen LogP contribution in [-0.2, 0) is 4.79 Å². The minimum Gasteiger partial charge on any atom is -0.486 e. The molecule has 2 amide bonds. The van der Waals surface area contributed by atoms with Crippen molar-refractivity contribution in [3.63, 3.8) is 0 Å². The van der Waals surface area contributed by atoms with Crippen molar-refractivity contribution in [1.29, 1.82) is 0 Å². The number of fused-ring (bicyclic) bond motifs is 1. The van der Waals surface area contributed by atoms with Crippen LogP contribution in [0.4, 0.5) is 10.5 Å². The van der Waals surface area contributed by atoms with Gasteiger partial charge in [0, 0.05) is 17.3 Å². The summed E-state index contributed by atoms with van der Waals surface area (Å²) < 4.78 is 10.8. The van der Waals surface area contributed by atoms with Crippen molar-refractivity contribution in [2.75, 3.05) is 18.5 Å². The number of hydrogen-bond donors (Lipinski definition) is 3. The average Bonchev–Trinajstić information content (AvgIpc) is 2.36. The van der Waals surface area contributed by atoms with E-state index < -0.39 is 17.5 Å². The van der Waals surface area contributed by atoms with E-state index in [4.69, 9.17) is 14.6 Å². The van der Waals surface area contributed by atoms with Gasteiger partial charge in [0.2, 0.25) is 0 Å². The molecule has 0 aromatic heterocycles. The van der Waals surface area contributed by atoms with Crippen molar-refractivity contribution >= 4 is 17.7 Å². The molecule has 1 aliphatic rings. The van der Waals surface area contributed by atoms with E-state index in [0.717, 1.165) is 0 Å². The number of carboxylic acid groups (broad SMARTS) is 1. The fourth-order valence-electron chi connectivity index (χ4n) is 2.01. The molecule has 0 atom stereocenters. The van der Waals surface area contributed by atoms with Crippen LogP contribution in [0.3, 0.4) is 0 Å². The van der Waals surface area contributed by atoms with Gasteiger partial charge in [-0.2, -0.15) is 0 Å². The zero-order valence-electron chi connectivity index (χ0n) is 11.9. The highest BCUT2D eigenvalue weighted by Crippen LogP contribution is 2.32. The maximum atomic E-state index is 11.9. The minimum atomic E-state index is -0.973. The summed E-state index contributed by atoms with van der Waals surface area (Å²) in [6.45, 7) is 4.26. The number of hydrogen-bond acceptors (Lipinski definition) is 4. The van der Waals surface area contributed by atoms with Crippen LogP contribution in [0.5, 0.6) is 11.5 Å². The van der Waals surface area contributed by atoms with Crippen molar-refractivity contribution in [2.24, 2.45) is 0 Å². The van der Waals surface area contributed by atoms with Crippen molar-refractivity contribution in [3.8, 4) is 11.5 Å². The lowest BCUT2D eigenvalue weighted by atomic mass is 10.0. The van der Waals surface area contributed by atoms with Crippen LogP contribution in [0.2, 0.25) is 0 Å². The molecule has 7 nitrogen and oxygen atoms in total. The van der Waals surface area contributed by atoms with Gasteiger partial charge in [-0.15, -0.1) is 0 Å². The van der Waals surface area contributed by atoms with E-state index in [2.05, 4.69) is 10.6 Å². The lowest BCUT2D eigenvalue weighted by Crippen LogP contribution is -2.46. The van der Waals surface area contributed by atoms with Gasteiger partial charge in [0.1, 0.15) is 13.2 Å². The van der Waals surface area contributed by atoms with Gasteiger partial charge in [0.15, 0.2) is 11.5 Å². The highest BCUT2D eigenvalue weighted by Gasteiger charge is 2.24. The Morgan fingerprint density at radius 2 is 1.90 bits per heavy atom. The highest BCUT2D eigenvalue weighted by atomic mass is 16.6. The first-order valence-electron chi connectivity index (χ1n) is 6.56. The Morgan fingerprint density at radius 1 is 1.24 bits per heavy atom. The predicted octanol–water partition coefficient (Wildman–Crippen LogP) is 1.83. The molecule has 0 radical (unpaired) electrons. The van der Waals surface area contributed by atoms with Crippen molar-refractivity contribution < 1.29 is 24.2 Å². The number of ether oxygens (including phenoxy) is 2. The topological polar surface area (TPSA) is 96.9 Å². The first-order chi connectivity index (χ1) is 9.85. The molecule has 1 aliphatic heterocycles. The minimum absolute atomic E-state index is 0.165. The van der Waals surface area contributed by atoms with E-state index in [1.165, 1.54) is 0 Å². The van der Waals surface area contributed by atoms with Crippen LogP contribution in [-0.4, -0.2) is 35.9 Å². The number of amides is 2. The molecular formula is C14H18N2O5. The summed E-state index contributed by atoms with van der Waals surface area (Å²) in [5.41, 5.74) is -0.299. The second kappa shape index (κ2) is 5.90. The molecule has 3 N–H and O–H groups in total. The molecule has 0 fully saturated rings. The summed E-state index contributed by atoms with van der Waals surface area (Å²) >= 11 is 0. The van der Waals surface area contributed by atoms with Crippen molar-refractivity contribution in [1.82, 2.24) is 5.32 Å². The maximum Gasteiger partial charge on any atom is 0.319 e. The van der Waals surface area contributed by atoms with Gasteiger partial charge in [-0.05, 0) is 26.0 Å². The summed E-state index contributed by atoms with van der Waals surface area (Å²) in [7, 11) is 0. The third kappa shape index (κ3) is 4.27. The van der Waals surface area contributed by atoms with E-state index in [1.54, 1.807) is 32.0 Å². The summed E-state index contributed by atoms with van der Waals surface area (Å²) in [6, 6.07) is 4.60. The van der Waals surface area contributed by atoms with Gasteiger partial charge < -0.3 is 25.2 Å². The first kappa shape index (κ1) is 15.0. The van der Waals surface area contributed by atoms with Crippen LogP contribution >= 0.6 is 0 Å². The molecule has 0 bridgehead atoms. The van der Waals surface area contributed by atoms with Crippen molar-refractivity contribution in [2.45, 2.75) is 25.8 Å². The zero-order chi connectivity index (χ0) is 15.5. The van der Waals surface area contributed by atoms with E-state index in [-0.39, 0.29) is 6.42 Å². The van der Waals surface area contributed by atoms with Gasteiger partial charge in [0.25, 0.3) is 0 Å². The normalized spacial score (nSPS) is 13.4. The van der Waals surface area contributed by atoms with Crippen LogP contribution in [0.1, 0.15) is 20.3 Å². The zero-order valence-corrected chi connectivity index (χ0v) is 11.9. The smallest absolute Gasteiger partial charge is 0.319 e. The van der Waals surface area contributed by atoms with E-state index in [9.17, 15) is 9.59 Å². The van der Waals surface area contributed by atoms with E-state index in [0.29, 0.717) is 30.4 Å². The number of aliphatic carboxylic acids is 1. The van der Waals surface area contributed by atoms with E-state index in [1.807, 2.05) is 0 Å². The number of carbonyl (C=O) groups is 2. The number of carboxylic acids is 1. The molecule has 2 rings (SSSR count). The molecule has 0 saturated heterocycles. The molecule has 7 heteroatoms. The van der Waals surface area contributed by atoms with Gasteiger partial charge in [0.05, 0.1) is 6.42 Å². The van der Waals surface area contributed by atoms with E-state index >= 15 is 0 Å². The molecule has 0 aliphatic carbocycles. The lowest BCUT2D eigenvalue weighted by molar-refractivity contribution is -0.138. The highest BCUT2D eigenvalue weighted by molar-refractivity contribution is 5.90. The fourth-order valence-corrected chi connectivity index (χ4v) is 2.01. The van der Waals surface area contributed by atoms with Gasteiger partial charge in [-0.25, -0.2) is 4.79 Å². The monoisotopic (exact) mass is 294 g/mol. The Labute approximate surface area is 122 Å². The number of carbonyl (C=O) groups excluding carboxylic acids is 1. The third-order valence-corrected chi connectivity index (χ3v) is 2.85. The Kier molecular flexibility index (Phi) is 4.21. The fraction of sp³-hybridized carbons (Fsp3) is 0.429. The largest absolute Gasteiger partial charge is 0.486 e. The summed E-state index contributed by atoms with van der Waals surface area (Å²) in [6.07, 6.45) is -0.165. The number of benzene rings is 1. The van der Waals surface area contributed by atoms with Gasteiger partial charge in [-0.1, -0.05) is 0 Å². The molecule has 0 saturated carbocycles. The Balaban J connectivity index is 1.98. The second-order valence-corrected chi connectivity index (χ2v) is 5.39. The SMILES string of the molecule is CC(C)(CC(=O)O)NC(=O)Nc1ccc2c(c1)OCCO2. The number of nitrogens with one attached hydrogen (secondary N) is 2. The lowest BCUT2D eigenvalue weighted by Gasteiger charge is -2.24. The molecule has 0 spiro atoms. The molecule has 21 heavy (non-hydrogen) atoms. The molecule has 0 unspecified atom stereocenters. The first-order valence-corrected chi connectivity index (χ1v) is 6.56. The van der Waals surface area contributed by atoms with Gasteiger partial charge in [-0.3, -0.25) is 4.79 Å². The Hall–Kier alpha value is -2.44. The molecule has 1 aromatic rings. The number of urea groups is 1. The molecule has 1 heterocycles. The summed E-state index contributed by atoms with van der Waals surface area (Å²) in [4.78, 5) is 22.6. The molecular weight excluding hydrogens is 276 g/mol. The van der Waals surface area contributed by atoms with Crippen LogP contribution in [0.25, 0.3) is 0 Å². The average molecular weight is 294 g/mol. The predicted molar refractivity (Wildman–Crippen MR) is 75.9 cm³/mol. The Morgan fingerprint density at radius 3 is 2.57 bits per heavy atom. The van der Waals surface area contributed by atoms with Crippen molar-refractivity contribution in [3.05, 3.63) is 18.2 Å². The van der Waals surface area contributed by atoms with Crippen LogP contribution in [0.15, 0.2) is 18.2 Å². The molecule has 1 aromatic carbocycles. The number of anilines is 1. The summed E-state index contributed by atoms with van der Waals surface area (Å²) in [5.74, 6) is 0.238. The standard InChI is InChI=1S/C14H18N2O5/c1-14(2,8-12(17)18)16-13(19)15-9-3-4-10-11(7-9)21-6-5-20-10/h3-4,7H,5-6,8H2,1-2H3,(H,17,18)(H2,15,16,19). The maximum absolute atomic E-state index is 11.9. The van der Waals surface area contributed by atoms with Crippen LogP contribution in [0, 0.1) is 0 Å². The van der Waals surface area contributed by atoms with Gasteiger partial charge >= 0.3 is 12.0 Å². The van der Waals surface area contributed by atoms with Crippen LogP contribution < -0.4 is 20.1 Å².